The van der Waals surface area contributed by atoms with Gasteiger partial charge < -0.3 is 15.0 Å². The van der Waals surface area contributed by atoms with Crippen LogP contribution in [0.5, 0.6) is 0 Å². The standard InChI is InChI=1S/C15H28N2O2/c1-3-6-15(7-9-16-10-8-15)14(18)17(2)13-4-11-19-12-5-13/h13,16H,3-12H2,1-2H3. The van der Waals surface area contributed by atoms with Gasteiger partial charge in [0.15, 0.2) is 0 Å². The molecule has 4 nitrogen and oxygen atoms in total. The monoisotopic (exact) mass is 268 g/mol. The van der Waals surface area contributed by atoms with Crippen LogP contribution in [0.3, 0.4) is 0 Å². The molecule has 2 aliphatic heterocycles. The van der Waals surface area contributed by atoms with Crippen molar-refractivity contribution in [1.82, 2.24) is 10.2 Å². The van der Waals surface area contributed by atoms with Crippen molar-refractivity contribution in [2.24, 2.45) is 5.41 Å². The lowest BCUT2D eigenvalue weighted by Gasteiger charge is -2.42. The summed E-state index contributed by atoms with van der Waals surface area (Å²) in [6.45, 7) is 5.74. The van der Waals surface area contributed by atoms with Crippen LogP contribution < -0.4 is 5.32 Å². The highest BCUT2D eigenvalue weighted by atomic mass is 16.5. The van der Waals surface area contributed by atoms with Crippen LogP contribution in [0.1, 0.15) is 45.4 Å². The van der Waals surface area contributed by atoms with E-state index in [1.54, 1.807) is 0 Å². The average Bonchev–Trinajstić information content (AvgIpc) is 2.48. The Balaban J connectivity index is 2.05. The summed E-state index contributed by atoms with van der Waals surface area (Å²) in [5.41, 5.74) is -0.104. The molecule has 0 unspecified atom stereocenters. The van der Waals surface area contributed by atoms with Crippen molar-refractivity contribution < 1.29 is 9.53 Å². The van der Waals surface area contributed by atoms with E-state index in [4.69, 9.17) is 4.74 Å². The molecule has 110 valence electrons. The van der Waals surface area contributed by atoms with Crippen LogP contribution in [-0.2, 0) is 9.53 Å². The van der Waals surface area contributed by atoms with Crippen LogP contribution in [0.25, 0.3) is 0 Å². The molecule has 2 aliphatic rings. The molecule has 0 radical (unpaired) electrons. The Bertz CT molecular complexity index is 289. The van der Waals surface area contributed by atoms with Gasteiger partial charge in [-0.3, -0.25) is 4.79 Å². The molecule has 0 atom stereocenters. The molecular formula is C15H28N2O2. The van der Waals surface area contributed by atoms with Crippen molar-refractivity contribution in [3.63, 3.8) is 0 Å². The number of piperidine rings is 1. The highest BCUT2D eigenvalue weighted by molar-refractivity contribution is 5.83. The first-order chi connectivity index (χ1) is 9.19. The van der Waals surface area contributed by atoms with Crippen molar-refractivity contribution in [3.8, 4) is 0 Å². The van der Waals surface area contributed by atoms with Crippen molar-refractivity contribution >= 4 is 5.91 Å². The van der Waals surface area contributed by atoms with Crippen molar-refractivity contribution in [2.75, 3.05) is 33.4 Å². The third-order valence-electron chi connectivity index (χ3n) is 4.80. The predicted molar refractivity (Wildman–Crippen MR) is 76.1 cm³/mol. The number of hydrogen-bond acceptors (Lipinski definition) is 3. The molecule has 0 spiro atoms. The summed E-state index contributed by atoms with van der Waals surface area (Å²) in [6.07, 6.45) is 6.08. The summed E-state index contributed by atoms with van der Waals surface area (Å²) < 4.78 is 5.40. The number of rotatable bonds is 4. The van der Waals surface area contributed by atoms with Gasteiger partial charge in [-0.2, -0.15) is 0 Å². The Kier molecular flexibility index (Phi) is 5.22. The van der Waals surface area contributed by atoms with E-state index >= 15 is 0 Å². The van der Waals surface area contributed by atoms with Crippen LogP contribution in [0.4, 0.5) is 0 Å². The zero-order chi connectivity index (χ0) is 13.7. The highest BCUT2D eigenvalue weighted by Gasteiger charge is 2.41. The minimum Gasteiger partial charge on any atom is -0.381 e. The van der Waals surface area contributed by atoms with Gasteiger partial charge in [-0.25, -0.2) is 0 Å². The van der Waals surface area contributed by atoms with E-state index in [0.717, 1.165) is 64.8 Å². The van der Waals surface area contributed by atoms with Crippen molar-refractivity contribution in [3.05, 3.63) is 0 Å². The summed E-state index contributed by atoms with van der Waals surface area (Å²) in [7, 11) is 2.00. The number of nitrogens with one attached hydrogen (secondary N) is 1. The van der Waals surface area contributed by atoms with E-state index in [1.165, 1.54) is 0 Å². The van der Waals surface area contributed by atoms with Gasteiger partial charge in [0.2, 0.25) is 5.91 Å². The molecule has 2 heterocycles. The molecule has 1 amide bonds. The summed E-state index contributed by atoms with van der Waals surface area (Å²) in [5.74, 6) is 0.378. The van der Waals surface area contributed by atoms with E-state index in [2.05, 4.69) is 12.2 Å². The molecule has 2 fully saturated rings. The number of ether oxygens (including phenoxy) is 1. The predicted octanol–water partition coefficient (Wildman–Crippen LogP) is 1.79. The molecule has 1 N–H and O–H groups in total. The molecule has 2 rings (SSSR count). The highest BCUT2D eigenvalue weighted by Crippen LogP contribution is 2.36. The largest absolute Gasteiger partial charge is 0.381 e. The maximum Gasteiger partial charge on any atom is 0.228 e. The van der Waals surface area contributed by atoms with Crippen LogP contribution in [-0.4, -0.2) is 50.2 Å². The number of carbonyl (C=O) groups excluding carboxylic acids is 1. The number of amides is 1. The Hall–Kier alpha value is -0.610. The number of hydrogen-bond donors (Lipinski definition) is 1. The Morgan fingerprint density at radius 1 is 1.32 bits per heavy atom. The molecule has 0 aliphatic carbocycles. The van der Waals surface area contributed by atoms with Crippen LogP contribution in [0, 0.1) is 5.41 Å². The van der Waals surface area contributed by atoms with Crippen LogP contribution in [0.15, 0.2) is 0 Å². The zero-order valence-electron chi connectivity index (χ0n) is 12.4. The van der Waals surface area contributed by atoms with E-state index in [1.807, 2.05) is 11.9 Å². The molecule has 0 aromatic rings. The fraction of sp³-hybridized carbons (Fsp3) is 0.933. The first-order valence-corrected chi connectivity index (χ1v) is 7.75. The molecule has 0 aromatic carbocycles. The Labute approximate surface area is 116 Å². The maximum absolute atomic E-state index is 13.0. The summed E-state index contributed by atoms with van der Waals surface area (Å²) in [5, 5.41) is 3.38. The van der Waals surface area contributed by atoms with E-state index in [0.29, 0.717) is 11.9 Å². The Morgan fingerprint density at radius 2 is 1.95 bits per heavy atom. The Morgan fingerprint density at radius 3 is 2.53 bits per heavy atom. The second-order valence-corrected chi connectivity index (χ2v) is 6.04. The lowest BCUT2D eigenvalue weighted by molar-refractivity contribution is -0.147. The van der Waals surface area contributed by atoms with Gasteiger partial charge >= 0.3 is 0 Å². The number of nitrogens with zero attached hydrogens (tertiary/aromatic N) is 1. The minimum absolute atomic E-state index is 0.104. The van der Waals surface area contributed by atoms with Gasteiger partial charge in [-0.15, -0.1) is 0 Å². The van der Waals surface area contributed by atoms with E-state index < -0.39 is 0 Å². The molecule has 4 heteroatoms. The average molecular weight is 268 g/mol. The summed E-state index contributed by atoms with van der Waals surface area (Å²) in [6, 6.07) is 0.380. The second-order valence-electron chi connectivity index (χ2n) is 6.04. The summed E-state index contributed by atoms with van der Waals surface area (Å²) >= 11 is 0. The van der Waals surface area contributed by atoms with Gasteiger partial charge in [-0.05, 0) is 45.2 Å². The van der Waals surface area contributed by atoms with Crippen LogP contribution in [0.2, 0.25) is 0 Å². The maximum atomic E-state index is 13.0. The fourth-order valence-corrected chi connectivity index (χ4v) is 3.57. The van der Waals surface area contributed by atoms with Crippen molar-refractivity contribution in [2.45, 2.75) is 51.5 Å². The molecule has 0 aromatic heterocycles. The molecular weight excluding hydrogens is 240 g/mol. The normalized spacial score (nSPS) is 24.1. The third kappa shape index (κ3) is 3.29. The van der Waals surface area contributed by atoms with Gasteiger partial charge in [0.25, 0.3) is 0 Å². The number of carbonyl (C=O) groups is 1. The SMILES string of the molecule is CCCC1(C(=O)N(C)C2CCOCC2)CCNCC1. The fourth-order valence-electron chi connectivity index (χ4n) is 3.57. The second kappa shape index (κ2) is 6.71. The van der Waals surface area contributed by atoms with Gasteiger partial charge in [-0.1, -0.05) is 13.3 Å². The van der Waals surface area contributed by atoms with Gasteiger partial charge in [0.1, 0.15) is 0 Å². The molecule has 2 saturated heterocycles. The minimum atomic E-state index is -0.104. The molecule has 0 saturated carbocycles. The first-order valence-electron chi connectivity index (χ1n) is 7.75. The third-order valence-corrected chi connectivity index (χ3v) is 4.80. The topological polar surface area (TPSA) is 41.6 Å². The van der Waals surface area contributed by atoms with E-state index in [-0.39, 0.29) is 5.41 Å². The van der Waals surface area contributed by atoms with Crippen molar-refractivity contribution in [1.29, 1.82) is 0 Å². The van der Waals surface area contributed by atoms with E-state index in [9.17, 15) is 4.79 Å². The zero-order valence-corrected chi connectivity index (χ0v) is 12.4. The lowest BCUT2D eigenvalue weighted by Crippen LogP contribution is -2.51. The van der Waals surface area contributed by atoms with Crippen LogP contribution >= 0.6 is 0 Å². The van der Waals surface area contributed by atoms with Gasteiger partial charge in [0.05, 0.1) is 5.41 Å². The lowest BCUT2D eigenvalue weighted by atomic mass is 9.74. The molecule has 19 heavy (non-hydrogen) atoms. The first kappa shape index (κ1) is 14.8. The molecule has 0 bridgehead atoms. The van der Waals surface area contributed by atoms with Gasteiger partial charge in [0, 0.05) is 26.3 Å². The summed E-state index contributed by atoms with van der Waals surface area (Å²) in [4.78, 5) is 15.0. The smallest absolute Gasteiger partial charge is 0.228 e. The quantitative estimate of drug-likeness (QED) is 0.845.